The fraction of sp³-hybridized carbons (Fsp3) is 0.357. The predicted molar refractivity (Wildman–Crippen MR) is 148 cm³/mol. The second-order valence-electron chi connectivity index (χ2n) is 9.28. The van der Waals surface area contributed by atoms with Gasteiger partial charge in [-0.3, -0.25) is 9.59 Å². The number of carbonyl (C=O) groups is 2. The molecule has 3 aromatic rings. The number of benzene rings is 2. The average Bonchev–Trinajstić information content (AvgIpc) is 3.28. The minimum atomic E-state index is -0.385. The van der Waals surface area contributed by atoms with Crippen molar-refractivity contribution in [1.29, 1.82) is 0 Å². The summed E-state index contributed by atoms with van der Waals surface area (Å²) < 4.78 is 7.07. The molecule has 1 heterocycles. The average molecular weight is 522 g/mol. The van der Waals surface area contributed by atoms with Gasteiger partial charge in [-0.1, -0.05) is 57.7 Å². The van der Waals surface area contributed by atoms with Gasteiger partial charge in [-0.2, -0.15) is 0 Å². The topological polar surface area (TPSA) is 98.1 Å². The zero-order valence-corrected chi connectivity index (χ0v) is 22.8. The first kappa shape index (κ1) is 28.0. The first-order valence-electron chi connectivity index (χ1n) is 12.2. The van der Waals surface area contributed by atoms with E-state index < -0.39 is 0 Å². The predicted octanol–water partition coefficient (Wildman–Crippen LogP) is 5.45. The molecule has 0 radical (unpaired) electrons. The fourth-order valence-corrected chi connectivity index (χ4v) is 4.47. The van der Waals surface area contributed by atoms with Gasteiger partial charge in [0, 0.05) is 17.8 Å². The summed E-state index contributed by atoms with van der Waals surface area (Å²) in [6.45, 7) is 12.6. The number of allylic oxidation sites excluding steroid dienone is 1. The summed E-state index contributed by atoms with van der Waals surface area (Å²) in [6.07, 6.45) is 1.75. The monoisotopic (exact) mass is 521 g/mol. The van der Waals surface area contributed by atoms with Crippen LogP contribution in [0.3, 0.4) is 0 Å². The molecule has 37 heavy (non-hydrogen) atoms. The van der Waals surface area contributed by atoms with Crippen molar-refractivity contribution in [2.75, 3.05) is 18.2 Å². The van der Waals surface area contributed by atoms with Crippen LogP contribution in [0.25, 0.3) is 0 Å². The Bertz CT molecular complexity index is 1200. The molecule has 0 aliphatic rings. The first-order chi connectivity index (χ1) is 17.7. The third kappa shape index (κ3) is 7.45. The Morgan fingerprint density at radius 1 is 1.05 bits per heavy atom. The molecule has 0 saturated heterocycles. The molecule has 3 rings (SSSR count). The Morgan fingerprint density at radius 2 is 1.73 bits per heavy atom. The van der Waals surface area contributed by atoms with Gasteiger partial charge in [0.1, 0.15) is 5.75 Å². The Kier molecular flexibility index (Phi) is 9.91. The third-order valence-electron chi connectivity index (χ3n) is 5.83. The highest BCUT2D eigenvalue weighted by molar-refractivity contribution is 7.99. The molecule has 0 saturated carbocycles. The van der Waals surface area contributed by atoms with E-state index in [0.29, 0.717) is 34.8 Å². The van der Waals surface area contributed by atoms with Crippen LogP contribution in [0.2, 0.25) is 0 Å². The molecule has 0 unspecified atom stereocenters. The molecule has 1 aromatic heterocycles. The smallest absolute Gasteiger partial charge is 0.251 e. The summed E-state index contributed by atoms with van der Waals surface area (Å²) in [5.41, 5.74) is 2.49. The Labute approximate surface area is 222 Å². The van der Waals surface area contributed by atoms with E-state index in [4.69, 9.17) is 4.74 Å². The first-order valence-corrected chi connectivity index (χ1v) is 13.2. The molecule has 9 heteroatoms. The Balaban J connectivity index is 1.71. The molecular weight excluding hydrogens is 486 g/mol. The van der Waals surface area contributed by atoms with Crippen molar-refractivity contribution in [3.05, 3.63) is 78.1 Å². The number of aromatic nitrogens is 3. The molecule has 2 aromatic carbocycles. The van der Waals surface area contributed by atoms with E-state index >= 15 is 0 Å². The number of thioether (sulfide) groups is 1. The second-order valence-corrected chi connectivity index (χ2v) is 10.2. The molecule has 0 aliphatic heterocycles. The van der Waals surface area contributed by atoms with Crippen LogP contribution in [0.4, 0.5) is 5.69 Å². The summed E-state index contributed by atoms with van der Waals surface area (Å²) in [4.78, 5) is 25.6. The lowest BCUT2D eigenvalue weighted by molar-refractivity contribution is -0.113. The number of rotatable bonds is 12. The highest BCUT2D eigenvalue weighted by Gasteiger charge is 2.26. The SMILES string of the molecule is C=CCn1c(SCC(=O)Nc2ccc(C(C)C)cc2)nnc1[C@H](NC(=O)c1ccc(OC)cc1)C(C)C. The van der Waals surface area contributed by atoms with Crippen LogP contribution < -0.4 is 15.4 Å². The van der Waals surface area contributed by atoms with E-state index in [9.17, 15) is 9.59 Å². The Morgan fingerprint density at radius 3 is 2.30 bits per heavy atom. The quantitative estimate of drug-likeness (QED) is 0.243. The van der Waals surface area contributed by atoms with Crippen LogP contribution in [0, 0.1) is 5.92 Å². The van der Waals surface area contributed by atoms with Crippen molar-refractivity contribution in [3.63, 3.8) is 0 Å². The normalized spacial score (nSPS) is 11.9. The summed E-state index contributed by atoms with van der Waals surface area (Å²) in [6, 6.07) is 14.4. The number of amides is 2. The van der Waals surface area contributed by atoms with Crippen LogP contribution >= 0.6 is 11.8 Å². The molecule has 0 spiro atoms. The zero-order valence-electron chi connectivity index (χ0n) is 22.0. The number of anilines is 1. The van der Waals surface area contributed by atoms with Crippen molar-refractivity contribution in [2.24, 2.45) is 5.92 Å². The molecule has 196 valence electrons. The van der Waals surface area contributed by atoms with Crippen LogP contribution in [0.15, 0.2) is 66.3 Å². The zero-order chi connectivity index (χ0) is 26.9. The van der Waals surface area contributed by atoms with E-state index in [1.165, 1.54) is 17.3 Å². The van der Waals surface area contributed by atoms with Gasteiger partial charge in [0.2, 0.25) is 5.91 Å². The fourth-order valence-electron chi connectivity index (χ4n) is 3.71. The van der Waals surface area contributed by atoms with Gasteiger partial charge < -0.3 is 19.9 Å². The van der Waals surface area contributed by atoms with Crippen molar-refractivity contribution >= 4 is 29.3 Å². The number of hydrogen-bond acceptors (Lipinski definition) is 6. The molecule has 0 bridgehead atoms. The lowest BCUT2D eigenvalue weighted by Gasteiger charge is -2.22. The molecule has 2 amide bonds. The molecule has 8 nitrogen and oxygen atoms in total. The number of methoxy groups -OCH3 is 1. The summed E-state index contributed by atoms with van der Waals surface area (Å²) in [7, 11) is 1.58. The minimum Gasteiger partial charge on any atom is -0.497 e. The van der Waals surface area contributed by atoms with Gasteiger partial charge >= 0.3 is 0 Å². The van der Waals surface area contributed by atoms with Crippen molar-refractivity contribution in [1.82, 2.24) is 20.1 Å². The van der Waals surface area contributed by atoms with E-state index in [-0.39, 0.29) is 29.5 Å². The van der Waals surface area contributed by atoms with Crippen LogP contribution in [0.1, 0.15) is 61.4 Å². The Hall–Kier alpha value is -3.59. The number of ether oxygens (including phenoxy) is 1. The minimum absolute atomic E-state index is 0.0462. The molecule has 1 atom stereocenters. The summed E-state index contributed by atoms with van der Waals surface area (Å²) in [5, 5.41) is 15.3. The van der Waals surface area contributed by atoms with Gasteiger partial charge in [-0.15, -0.1) is 16.8 Å². The van der Waals surface area contributed by atoms with Gasteiger partial charge in [-0.05, 0) is 53.8 Å². The summed E-state index contributed by atoms with van der Waals surface area (Å²) in [5.74, 6) is 1.60. The number of nitrogens with one attached hydrogen (secondary N) is 2. The van der Waals surface area contributed by atoms with Gasteiger partial charge in [0.05, 0.1) is 18.9 Å². The number of carbonyl (C=O) groups excluding carboxylic acids is 2. The maximum absolute atomic E-state index is 13.0. The molecule has 2 N–H and O–H groups in total. The highest BCUT2D eigenvalue weighted by atomic mass is 32.2. The van der Waals surface area contributed by atoms with Crippen LogP contribution in [0.5, 0.6) is 5.75 Å². The van der Waals surface area contributed by atoms with E-state index in [2.05, 4.69) is 41.3 Å². The van der Waals surface area contributed by atoms with E-state index in [1.54, 1.807) is 37.5 Å². The number of hydrogen-bond donors (Lipinski definition) is 2. The van der Waals surface area contributed by atoms with Crippen molar-refractivity contribution < 1.29 is 14.3 Å². The van der Waals surface area contributed by atoms with E-state index in [0.717, 1.165) is 5.69 Å². The van der Waals surface area contributed by atoms with Gasteiger partial charge in [0.25, 0.3) is 5.91 Å². The van der Waals surface area contributed by atoms with Gasteiger partial charge in [0.15, 0.2) is 11.0 Å². The van der Waals surface area contributed by atoms with Crippen molar-refractivity contribution in [2.45, 2.75) is 51.4 Å². The maximum Gasteiger partial charge on any atom is 0.251 e. The number of nitrogens with zero attached hydrogens (tertiary/aromatic N) is 3. The highest BCUT2D eigenvalue weighted by Crippen LogP contribution is 2.26. The molecule has 0 aliphatic carbocycles. The standard InChI is InChI=1S/C28H35N5O3S/c1-7-16-33-26(25(19(4)5)30-27(35)21-10-14-23(36-6)15-11-21)31-32-28(33)37-17-24(34)29-22-12-8-20(9-13-22)18(2)3/h7-15,18-19,25H,1,16-17H2,2-6H3,(H,29,34)(H,30,35)/t25-/m1/s1. The second kappa shape index (κ2) is 13.1. The molecular formula is C28H35N5O3S. The summed E-state index contributed by atoms with van der Waals surface area (Å²) >= 11 is 1.29. The third-order valence-corrected chi connectivity index (χ3v) is 6.80. The molecule has 0 fully saturated rings. The largest absolute Gasteiger partial charge is 0.497 e. The maximum atomic E-state index is 13.0. The van der Waals surface area contributed by atoms with Gasteiger partial charge in [-0.25, -0.2) is 0 Å². The van der Waals surface area contributed by atoms with E-state index in [1.807, 2.05) is 42.7 Å². The van der Waals surface area contributed by atoms with Crippen molar-refractivity contribution in [3.8, 4) is 5.75 Å². The van der Waals surface area contributed by atoms with Crippen LogP contribution in [-0.2, 0) is 11.3 Å². The lowest BCUT2D eigenvalue weighted by atomic mass is 10.0. The lowest BCUT2D eigenvalue weighted by Crippen LogP contribution is -2.33. The van der Waals surface area contributed by atoms with Crippen LogP contribution in [-0.4, -0.2) is 39.4 Å².